The number of alkyl halides is 2. The first kappa shape index (κ1) is 27.6. The van der Waals surface area contributed by atoms with E-state index in [4.69, 9.17) is 45.5 Å². The molecule has 2 rings (SSSR count). The first-order chi connectivity index (χ1) is 13.4. The minimum absolute atomic E-state index is 0.0226. The standard InChI is InChI=1S/C7H6Cl2FN.C7H7ClFNO.CH3F.Cl2OS/c1-4(8)7-6(10)2-5(9)3-11-7;1-4(11)7-6(9)2-5(8)3-10-7;1-2;1-4(2)3/h2-4H,1H3;2-4,11H,1H3;1H3;/i;;1D;. The fourth-order valence-electron chi connectivity index (χ4n) is 1.45. The molecule has 2 aromatic rings. The minimum atomic E-state index is -1.67. The summed E-state index contributed by atoms with van der Waals surface area (Å²) in [7, 11) is 6.36. The highest BCUT2D eigenvalue weighted by Crippen LogP contribution is 2.21. The topological polar surface area (TPSA) is 63.1 Å². The predicted octanol–water partition coefficient (Wildman–Crippen LogP) is 6.73. The molecule has 0 aliphatic rings. The lowest BCUT2D eigenvalue weighted by molar-refractivity contribution is 0.188. The number of aliphatic hydroxyl groups excluding tert-OH is 1. The van der Waals surface area contributed by atoms with Gasteiger partial charge in [0.15, 0.2) is 0 Å². The Bertz CT molecular complexity index is 704. The first-order valence-electron chi connectivity index (χ1n) is 7.61. The number of rotatable bonds is 2. The van der Waals surface area contributed by atoms with Gasteiger partial charge < -0.3 is 5.11 Å². The fraction of sp³-hybridized carbons (Fsp3) is 0.333. The van der Waals surface area contributed by atoms with E-state index in [1.807, 2.05) is 0 Å². The molecule has 0 amide bonds. The van der Waals surface area contributed by atoms with Crippen LogP contribution in [0.25, 0.3) is 0 Å². The van der Waals surface area contributed by atoms with Crippen molar-refractivity contribution in [2.75, 3.05) is 7.15 Å². The summed E-state index contributed by atoms with van der Waals surface area (Å²) >= 11 is 16.5. The molecule has 2 unspecified atom stereocenters. The van der Waals surface area contributed by atoms with E-state index in [1.165, 1.54) is 25.4 Å². The molecule has 13 heteroatoms. The van der Waals surface area contributed by atoms with E-state index in [0.29, 0.717) is 0 Å². The highest BCUT2D eigenvalue weighted by molar-refractivity contribution is 8.26. The van der Waals surface area contributed by atoms with Crippen LogP contribution in [0.15, 0.2) is 24.5 Å². The van der Waals surface area contributed by atoms with Crippen LogP contribution < -0.4 is 0 Å². The summed E-state index contributed by atoms with van der Waals surface area (Å²) in [6.07, 6.45) is 1.78. The molecule has 4 nitrogen and oxygen atoms in total. The van der Waals surface area contributed by atoms with Crippen molar-refractivity contribution in [2.45, 2.75) is 25.3 Å². The zero-order valence-electron chi connectivity index (χ0n) is 15.4. The summed E-state index contributed by atoms with van der Waals surface area (Å²) < 4.78 is 50.3. The third-order valence-electron chi connectivity index (χ3n) is 2.45. The molecule has 2 aromatic heterocycles. The van der Waals surface area contributed by atoms with Crippen molar-refractivity contribution < 1.29 is 23.9 Å². The van der Waals surface area contributed by atoms with Gasteiger partial charge in [-0.15, -0.1) is 11.6 Å². The van der Waals surface area contributed by atoms with Gasteiger partial charge in [-0.3, -0.25) is 14.4 Å². The van der Waals surface area contributed by atoms with Crippen LogP contribution >= 0.6 is 56.2 Å². The second-order valence-corrected chi connectivity index (χ2v) is 8.57. The lowest BCUT2D eigenvalue weighted by Crippen LogP contribution is -1.98. The van der Waals surface area contributed by atoms with Crippen molar-refractivity contribution in [3.63, 3.8) is 0 Å². The Balaban J connectivity index is 0. The van der Waals surface area contributed by atoms with Crippen LogP contribution in [-0.2, 0) is 9.23 Å². The summed E-state index contributed by atoms with van der Waals surface area (Å²) in [6.45, 7) is 3.10. The molecule has 0 spiro atoms. The first-order valence-corrected chi connectivity index (χ1v) is 10.9. The molecule has 2 heterocycles. The van der Waals surface area contributed by atoms with Crippen LogP contribution in [0.5, 0.6) is 0 Å². The molecule has 0 saturated carbocycles. The van der Waals surface area contributed by atoms with Gasteiger partial charge in [-0.2, -0.15) is 0 Å². The van der Waals surface area contributed by atoms with E-state index in [2.05, 4.69) is 31.3 Å². The number of aromatic nitrogens is 2. The molecule has 28 heavy (non-hydrogen) atoms. The number of halogens is 8. The molecule has 0 saturated heterocycles. The van der Waals surface area contributed by atoms with Crippen LogP contribution in [0.1, 0.15) is 38.1 Å². The predicted molar refractivity (Wildman–Crippen MR) is 110 cm³/mol. The Morgan fingerprint density at radius 1 is 1.07 bits per heavy atom. The number of aliphatic hydroxyl groups is 1. The zero-order valence-corrected chi connectivity index (χ0v) is 18.9. The molecule has 0 bridgehead atoms. The number of hydrogen-bond donors (Lipinski definition) is 1. The van der Waals surface area contributed by atoms with Gasteiger partial charge in [0.05, 0.1) is 35.7 Å². The molecule has 160 valence electrons. The van der Waals surface area contributed by atoms with Crippen molar-refractivity contribution in [3.05, 3.63) is 57.6 Å². The normalized spacial score (nSPS) is 12.2. The molecule has 2 atom stereocenters. The second-order valence-electron chi connectivity index (χ2n) is 4.52. The van der Waals surface area contributed by atoms with Crippen LogP contribution in [0, 0.1) is 11.6 Å². The van der Waals surface area contributed by atoms with Gasteiger partial charge in [-0.1, -0.05) is 23.2 Å². The van der Waals surface area contributed by atoms with Gasteiger partial charge in [0.25, 0.3) is 0 Å². The molecular formula is C15H16Cl5F3N2O2S. The van der Waals surface area contributed by atoms with Crippen LogP contribution in [0.4, 0.5) is 13.2 Å². The second kappa shape index (κ2) is 16.4. The molecule has 1 N–H and O–H groups in total. The van der Waals surface area contributed by atoms with E-state index < -0.39 is 39.5 Å². The maximum absolute atomic E-state index is 12.9. The van der Waals surface area contributed by atoms with E-state index in [-0.39, 0.29) is 21.4 Å². The summed E-state index contributed by atoms with van der Waals surface area (Å²) in [5, 5.41) is 9.04. The quantitative estimate of drug-likeness (QED) is 0.350. The molecule has 0 aliphatic heterocycles. The van der Waals surface area contributed by atoms with Gasteiger partial charge in [0, 0.05) is 33.8 Å². The van der Waals surface area contributed by atoms with Gasteiger partial charge >= 0.3 is 0 Å². The van der Waals surface area contributed by atoms with Gasteiger partial charge in [-0.25, -0.2) is 13.0 Å². The van der Waals surface area contributed by atoms with Crippen LogP contribution in [-0.4, -0.2) is 26.4 Å². The summed E-state index contributed by atoms with van der Waals surface area (Å²) in [4.78, 5) is 7.36. The third kappa shape index (κ3) is 13.8. The molecule has 0 aromatic carbocycles. The van der Waals surface area contributed by atoms with Crippen molar-refractivity contribution in [3.8, 4) is 0 Å². The third-order valence-corrected chi connectivity index (χ3v) is 3.07. The minimum Gasteiger partial charge on any atom is -0.387 e. The highest BCUT2D eigenvalue weighted by atomic mass is 36.0. The average Bonchev–Trinajstić information content (AvgIpc) is 2.54. The van der Waals surface area contributed by atoms with Crippen molar-refractivity contribution in [1.29, 1.82) is 0 Å². The monoisotopic (exact) mass is 521 g/mol. The highest BCUT2D eigenvalue weighted by Gasteiger charge is 2.10. The molecule has 0 fully saturated rings. The van der Waals surface area contributed by atoms with Gasteiger partial charge in [0.2, 0.25) is 9.23 Å². The number of pyridine rings is 2. The van der Waals surface area contributed by atoms with Crippen LogP contribution in [0.2, 0.25) is 10.0 Å². The summed E-state index contributed by atoms with van der Waals surface area (Å²) in [5.41, 5.74) is 0.255. The van der Waals surface area contributed by atoms with E-state index in [0.717, 1.165) is 6.07 Å². The van der Waals surface area contributed by atoms with Crippen molar-refractivity contribution in [1.82, 2.24) is 9.97 Å². The Hall–Kier alpha value is -0.350. The van der Waals surface area contributed by atoms with E-state index >= 15 is 0 Å². The maximum Gasteiger partial charge on any atom is 0.211 e. The SMILES string of the molecule is CC(Cl)c1ncc(Cl)cc1F.CC(O)c1ncc(Cl)cc1F.O=S(Cl)Cl.[2H]CF. The Labute approximate surface area is 188 Å². The smallest absolute Gasteiger partial charge is 0.211 e. The maximum atomic E-state index is 12.9. The van der Waals surface area contributed by atoms with Gasteiger partial charge in [0.1, 0.15) is 17.3 Å². The molecular weight excluding hydrogens is 507 g/mol. The number of nitrogens with zero attached hydrogens (tertiary/aromatic N) is 2. The molecule has 0 radical (unpaired) electrons. The largest absolute Gasteiger partial charge is 0.387 e. The average molecular weight is 524 g/mol. The Kier molecular flexibility index (Phi) is 16.2. The van der Waals surface area contributed by atoms with Gasteiger partial charge in [-0.05, 0) is 26.0 Å². The van der Waals surface area contributed by atoms with E-state index in [9.17, 15) is 13.2 Å². The Morgan fingerprint density at radius 3 is 1.64 bits per heavy atom. The number of hydrogen-bond acceptors (Lipinski definition) is 4. The summed E-state index contributed by atoms with van der Waals surface area (Å²) in [6, 6.07) is 2.32. The van der Waals surface area contributed by atoms with Crippen molar-refractivity contribution >= 4 is 65.4 Å². The summed E-state index contributed by atoms with van der Waals surface area (Å²) in [5.74, 6) is -1.03. The van der Waals surface area contributed by atoms with Crippen LogP contribution in [0.3, 0.4) is 0 Å². The van der Waals surface area contributed by atoms with Crippen molar-refractivity contribution in [2.24, 2.45) is 0 Å². The Morgan fingerprint density at radius 2 is 1.39 bits per heavy atom. The van der Waals surface area contributed by atoms with E-state index in [1.54, 1.807) is 6.92 Å². The lowest BCUT2D eigenvalue weighted by atomic mass is 10.2. The fourth-order valence-corrected chi connectivity index (χ4v) is 1.90. The lowest BCUT2D eigenvalue weighted by Gasteiger charge is -2.03. The zero-order chi connectivity index (χ0) is 23.1. The molecule has 0 aliphatic carbocycles.